The molecule has 0 radical (unpaired) electrons. The molecule has 1 rings (SSSR count). The molecule has 0 aliphatic heterocycles. The zero-order valence-electron chi connectivity index (χ0n) is 6.40. The molecule has 0 saturated carbocycles. The number of halogens is 4. The molecule has 0 unspecified atom stereocenters. The van der Waals surface area contributed by atoms with Gasteiger partial charge in [-0.25, -0.2) is 13.8 Å². The molecule has 6 heteroatoms. The molecule has 1 aromatic heterocycles. The first-order valence-corrected chi connectivity index (χ1v) is 4.85. The summed E-state index contributed by atoms with van der Waals surface area (Å²) in [6.45, 7) is 0.114. The van der Waals surface area contributed by atoms with Gasteiger partial charge in [0.05, 0.1) is 5.56 Å². The number of nitrogens with zero attached hydrogens (tertiary/aromatic N) is 1. The first-order chi connectivity index (χ1) is 6.06. The van der Waals surface area contributed by atoms with E-state index in [4.69, 9.17) is 17.3 Å². The van der Waals surface area contributed by atoms with Crippen LogP contribution in [0.5, 0.6) is 0 Å². The summed E-state index contributed by atoms with van der Waals surface area (Å²) in [5.41, 5.74) is 5.62. The topological polar surface area (TPSA) is 38.9 Å². The van der Waals surface area contributed by atoms with Crippen molar-refractivity contribution in [2.45, 2.75) is 13.0 Å². The molecular weight excluding hydrogens is 312 g/mol. The zero-order valence-corrected chi connectivity index (χ0v) is 9.31. The predicted octanol–water partition coefficient (Wildman–Crippen LogP) is 2.74. The van der Waals surface area contributed by atoms with Crippen molar-refractivity contribution in [1.82, 2.24) is 4.98 Å². The highest BCUT2D eigenvalue weighted by Crippen LogP contribution is 2.26. The van der Waals surface area contributed by atoms with Gasteiger partial charge in [0, 0.05) is 12.1 Å². The van der Waals surface area contributed by atoms with Gasteiger partial charge in [-0.15, -0.1) is 0 Å². The van der Waals surface area contributed by atoms with Gasteiger partial charge < -0.3 is 5.73 Å². The highest BCUT2D eigenvalue weighted by Gasteiger charge is 2.15. The van der Waals surface area contributed by atoms with Crippen molar-refractivity contribution < 1.29 is 8.78 Å². The Morgan fingerprint density at radius 1 is 1.62 bits per heavy atom. The Kier molecular flexibility index (Phi) is 3.81. The molecule has 0 fully saturated rings. The van der Waals surface area contributed by atoms with E-state index in [2.05, 4.69) is 4.98 Å². The number of pyridine rings is 1. The maximum atomic E-state index is 12.3. The fourth-order valence-electron chi connectivity index (χ4n) is 0.826. The monoisotopic (exact) mass is 318 g/mol. The summed E-state index contributed by atoms with van der Waals surface area (Å²) in [5, 5.41) is 0.191. The molecule has 1 aromatic rings. The number of hydrogen-bond acceptors (Lipinski definition) is 2. The summed E-state index contributed by atoms with van der Waals surface area (Å²) in [6, 6.07) is 1.29. The fourth-order valence-corrected chi connectivity index (χ4v) is 1.82. The molecule has 0 saturated heterocycles. The zero-order chi connectivity index (χ0) is 10.0. The lowest BCUT2D eigenvalue weighted by molar-refractivity contribution is 0.150. The summed E-state index contributed by atoms with van der Waals surface area (Å²) in [7, 11) is 0. The Balaban J connectivity index is 3.22. The van der Waals surface area contributed by atoms with Gasteiger partial charge in [0.15, 0.2) is 0 Å². The molecule has 0 spiro atoms. The Morgan fingerprint density at radius 2 is 2.23 bits per heavy atom. The molecule has 0 aliphatic carbocycles. The SMILES string of the molecule is NCc1cc(C(F)F)c(I)nc1Cl. The molecule has 2 nitrogen and oxygen atoms in total. The molecule has 0 amide bonds. The fraction of sp³-hybridized carbons (Fsp3) is 0.286. The largest absolute Gasteiger partial charge is 0.326 e. The van der Waals surface area contributed by atoms with E-state index in [0.29, 0.717) is 5.56 Å². The Morgan fingerprint density at radius 3 is 2.69 bits per heavy atom. The van der Waals surface area contributed by atoms with Crippen LogP contribution in [-0.2, 0) is 6.54 Å². The van der Waals surface area contributed by atoms with Crippen molar-refractivity contribution in [3.63, 3.8) is 0 Å². The third-order valence-electron chi connectivity index (χ3n) is 1.48. The summed E-state index contributed by atoms with van der Waals surface area (Å²) in [5.74, 6) is 0. The molecular formula is C7H6ClF2IN2. The van der Waals surface area contributed by atoms with Gasteiger partial charge in [-0.2, -0.15) is 0 Å². The van der Waals surface area contributed by atoms with Gasteiger partial charge in [0.1, 0.15) is 8.85 Å². The summed E-state index contributed by atoms with van der Waals surface area (Å²) in [4.78, 5) is 3.76. The van der Waals surface area contributed by atoms with Gasteiger partial charge in [-0.3, -0.25) is 0 Å². The van der Waals surface area contributed by atoms with Crippen LogP contribution >= 0.6 is 34.2 Å². The van der Waals surface area contributed by atoms with Crippen LogP contribution in [0.4, 0.5) is 8.78 Å². The van der Waals surface area contributed by atoms with Gasteiger partial charge in [-0.1, -0.05) is 11.6 Å². The van der Waals surface area contributed by atoms with E-state index >= 15 is 0 Å². The number of alkyl halides is 2. The van der Waals surface area contributed by atoms with Crippen LogP contribution in [-0.4, -0.2) is 4.98 Å². The normalized spacial score (nSPS) is 10.9. The summed E-state index contributed by atoms with van der Waals surface area (Å²) in [6.07, 6.45) is -2.54. The van der Waals surface area contributed by atoms with E-state index in [-0.39, 0.29) is 21.0 Å². The van der Waals surface area contributed by atoms with Crippen LogP contribution in [0.15, 0.2) is 6.07 Å². The minimum atomic E-state index is -2.54. The maximum absolute atomic E-state index is 12.3. The van der Waals surface area contributed by atoms with Crippen LogP contribution in [0.25, 0.3) is 0 Å². The van der Waals surface area contributed by atoms with Crippen LogP contribution in [0.2, 0.25) is 5.15 Å². The molecule has 0 atom stereocenters. The third-order valence-corrected chi connectivity index (χ3v) is 2.68. The highest BCUT2D eigenvalue weighted by molar-refractivity contribution is 14.1. The first-order valence-electron chi connectivity index (χ1n) is 3.39. The van der Waals surface area contributed by atoms with Gasteiger partial charge in [-0.05, 0) is 28.7 Å². The average Bonchev–Trinajstić information content (AvgIpc) is 2.03. The van der Waals surface area contributed by atoms with Crippen molar-refractivity contribution in [3.8, 4) is 0 Å². The molecule has 13 heavy (non-hydrogen) atoms. The average molecular weight is 318 g/mol. The third kappa shape index (κ3) is 2.47. The lowest BCUT2D eigenvalue weighted by atomic mass is 10.2. The quantitative estimate of drug-likeness (QED) is 0.673. The molecule has 1 heterocycles. The Labute approximate surface area is 92.6 Å². The standard InChI is InChI=1S/C7H6ClF2IN2/c8-5-3(2-12)1-4(6(9)10)7(11)13-5/h1,6H,2,12H2. The summed E-state index contributed by atoms with van der Waals surface area (Å²) >= 11 is 7.38. The molecule has 0 aliphatic rings. The van der Waals surface area contributed by atoms with E-state index < -0.39 is 6.43 Å². The molecule has 0 aromatic carbocycles. The van der Waals surface area contributed by atoms with E-state index in [1.54, 1.807) is 22.6 Å². The van der Waals surface area contributed by atoms with Crippen molar-refractivity contribution in [1.29, 1.82) is 0 Å². The lowest BCUT2D eigenvalue weighted by Gasteiger charge is -2.06. The second-order valence-electron chi connectivity index (χ2n) is 2.32. The second kappa shape index (κ2) is 4.47. The lowest BCUT2D eigenvalue weighted by Crippen LogP contribution is -2.03. The van der Waals surface area contributed by atoms with Gasteiger partial charge in [0.2, 0.25) is 0 Å². The molecule has 72 valence electrons. The number of nitrogens with two attached hydrogens (primary N) is 1. The maximum Gasteiger partial charge on any atom is 0.266 e. The smallest absolute Gasteiger partial charge is 0.266 e. The second-order valence-corrected chi connectivity index (χ2v) is 3.70. The van der Waals surface area contributed by atoms with Crippen LogP contribution < -0.4 is 5.73 Å². The number of rotatable bonds is 2. The van der Waals surface area contributed by atoms with E-state index in [0.717, 1.165) is 0 Å². The Bertz CT molecular complexity index is 320. The first kappa shape index (κ1) is 11.1. The van der Waals surface area contributed by atoms with Gasteiger partial charge in [0.25, 0.3) is 6.43 Å². The van der Waals surface area contributed by atoms with E-state index in [9.17, 15) is 8.78 Å². The number of aromatic nitrogens is 1. The minimum absolute atomic E-state index is 0.114. The van der Waals surface area contributed by atoms with Crippen molar-refractivity contribution in [2.24, 2.45) is 5.73 Å². The summed E-state index contributed by atoms with van der Waals surface area (Å²) < 4.78 is 24.9. The van der Waals surface area contributed by atoms with Crippen LogP contribution in [0, 0.1) is 3.70 Å². The van der Waals surface area contributed by atoms with E-state index in [1.165, 1.54) is 6.07 Å². The van der Waals surface area contributed by atoms with Crippen LogP contribution in [0.3, 0.4) is 0 Å². The molecule has 0 bridgehead atoms. The Hall–Kier alpha value is -0.0100. The van der Waals surface area contributed by atoms with Crippen molar-refractivity contribution >= 4 is 34.2 Å². The number of hydrogen-bond donors (Lipinski definition) is 1. The van der Waals surface area contributed by atoms with Crippen molar-refractivity contribution in [2.75, 3.05) is 0 Å². The van der Waals surface area contributed by atoms with Crippen molar-refractivity contribution in [3.05, 3.63) is 26.0 Å². The van der Waals surface area contributed by atoms with Gasteiger partial charge >= 0.3 is 0 Å². The van der Waals surface area contributed by atoms with E-state index in [1.807, 2.05) is 0 Å². The minimum Gasteiger partial charge on any atom is -0.326 e. The predicted molar refractivity (Wildman–Crippen MR) is 54.8 cm³/mol. The highest BCUT2D eigenvalue weighted by atomic mass is 127. The van der Waals surface area contributed by atoms with Crippen LogP contribution in [0.1, 0.15) is 17.6 Å². The molecule has 2 N–H and O–H groups in total.